The van der Waals surface area contributed by atoms with E-state index in [0.29, 0.717) is 18.3 Å². The molecule has 1 amide bonds. The highest BCUT2D eigenvalue weighted by Crippen LogP contribution is 2.23. The van der Waals surface area contributed by atoms with Gasteiger partial charge >= 0.3 is 0 Å². The van der Waals surface area contributed by atoms with E-state index in [2.05, 4.69) is 41.1 Å². The summed E-state index contributed by atoms with van der Waals surface area (Å²) >= 11 is 1.60. The third-order valence-electron chi connectivity index (χ3n) is 4.79. The molecule has 0 bridgehead atoms. The molecule has 136 valence electrons. The van der Waals surface area contributed by atoms with Crippen LogP contribution in [0.4, 0.5) is 0 Å². The van der Waals surface area contributed by atoms with E-state index >= 15 is 0 Å². The molecule has 1 unspecified atom stereocenters. The molecule has 1 aliphatic heterocycles. The summed E-state index contributed by atoms with van der Waals surface area (Å²) in [5.41, 5.74) is -0.151. The number of rotatable bonds is 6. The summed E-state index contributed by atoms with van der Waals surface area (Å²) in [6, 6.07) is 3.96. The highest BCUT2D eigenvalue weighted by Gasteiger charge is 2.29. The van der Waals surface area contributed by atoms with Gasteiger partial charge in [0.1, 0.15) is 0 Å². The average molecular weight is 362 g/mol. The summed E-state index contributed by atoms with van der Waals surface area (Å²) in [5, 5.41) is 9.22. The minimum Gasteiger partial charge on any atom is -0.351 e. The van der Waals surface area contributed by atoms with Crippen LogP contribution in [0.5, 0.6) is 0 Å². The zero-order valence-corrected chi connectivity index (χ0v) is 15.9. The van der Waals surface area contributed by atoms with E-state index in [9.17, 15) is 4.79 Å². The number of likely N-dealkylation sites (tertiary alicyclic amines) is 1. The third kappa shape index (κ3) is 4.67. The Morgan fingerprint density at radius 1 is 1.52 bits per heavy atom. The van der Waals surface area contributed by atoms with Crippen molar-refractivity contribution in [1.29, 1.82) is 0 Å². The van der Waals surface area contributed by atoms with Crippen LogP contribution >= 0.6 is 11.3 Å². The van der Waals surface area contributed by atoms with Gasteiger partial charge in [-0.25, -0.2) is 0 Å². The number of hydrogen-bond acceptors (Lipinski definition) is 6. The fourth-order valence-corrected chi connectivity index (χ4v) is 3.60. The summed E-state index contributed by atoms with van der Waals surface area (Å²) in [6.07, 6.45) is 2.87. The van der Waals surface area contributed by atoms with Crippen molar-refractivity contribution >= 4 is 17.2 Å². The van der Waals surface area contributed by atoms with E-state index in [4.69, 9.17) is 4.52 Å². The van der Waals surface area contributed by atoms with Gasteiger partial charge in [-0.15, -0.1) is 11.3 Å². The molecule has 2 aromatic heterocycles. The predicted molar refractivity (Wildman–Crippen MR) is 98.1 cm³/mol. The number of aromatic nitrogens is 2. The predicted octanol–water partition coefficient (Wildman–Crippen LogP) is 3.31. The molecule has 0 radical (unpaired) electrons. The molecule has 0 saturated carbocycles. The van der Waals surface area contributed by atoms with E-state index in [1.165, 1.54) is 0 Å². The third-order valence-corrected chi connectivity index (χ3v) is 5.66. The van der Waals surface area contributed by atoms with Gasteiger partial charge in [-0.05, 0) is 51.1 Å². The second-order valence-corrected chi connectivity index (χ2v) is 8.24. The lowest BCUT2D eigenvalue weighted by molar-refractivity contribution is -0.128. The fraction of sp³-hybridized carbons (Fsp3) is 0.611. The highest BCUT2D eigenvalue weighted by atomic mass is 32.1. The van der Waals surface area contributed by atoms with Gasteiger partial charge < -0.3 is 9.84 Å². The first-order valence-electron chi connectivity index (χ1n) is 8.87. The van der Waals surface area contributed by atoms with Gasteiger partial charge in [0.15, 0.2) is 0 Å². The van der Waals surface area contributed by atoms with Gasteiger partial charge in [0.05, 0.1) is 17.3 Å². The molecule has 3 rings (SSSR count). The lowest BCUT2D eigenvalue weighted by Crippen LogP contribution is -2.49. The monoisotopic (exact) mass is 362 g/mol. The Morgan fingerprint density at radius 3 is 3.08 bits per heavy atom. The van der Waals surface area contributed by atoms with Crippen LogP contribution in [0.25, 0.3) is 10.7 Å². The number of nitrogens with zero attached hydrogens (tertiary/aromatic N) is 3. The maximum Gasteiger partial charge on any atom is 0.241 e. The first-order valence-corrected chi connectivity index (χ1v) is 9.75. The van der Waals surface area contributed by atoms with Crippen LogP contribution in [-0.2, 0) is 11.3 Å². The van der Waals surface area contributed by atoms with Crippen LogP contribution in [0.2, 0.25) is 0 Å². The Hall–Kier alpha value is -1.73. The minimum absolute atomic E-state index is 0.0271. The number of hydrogen-bond donors (Lipinski definition) is 1. The topological polar surface area (TPSA) is 71.3 Å². The molecule has 0 aromatic carbocycles. The molecule has 6 nitrogen and oxygen atoms in total. The van der Waals surface area contributed by atoms with Crippen molar-refractivity contribution in [2.24, 2.45) is 5.92 Å². The van der Waals surface area contributed by atoms with Crippen LogP contribution < -0.4 is 5.32 Å². The molecule has 1 saturated heterocycles. The molecular formula is C18H26N4O2S. The van der Waals surface area contributed by atoms with Gasteiger partial charge in [-0.1, -0.05) is 18.1 Å². The molecule has 1 fully saturated rings. The van der Waals surface area contributed by atoms with E-state index < -0.39 is 0 Å². The first-order chi connectivity index (χ1) is 12.0. The van der Waals surface area contributed by atoms with E-state index in [1.54, 1.807) is 11.3 Å². The number of amides is 1. The van der Waals surface area contributed by atoms with Crippen molar-refractivity contribution in [3.63, 3.8) is 0 Å². The van der Waals surface area contributed by atoms with Gasteiger partial charge in [0.25, 0.3) is 0 Å². The normalized spacial score (nSPS) is 19.1. The Morgan fingerprint density at radius 2 is 2.36 bits per heavy atom. The fourth-order valence-electron chi connectivity index (χ4n) is 2.95. The van der Waals surface area contributed by atoms with Crippen molar-refractivity contribution in [2.45, 2.75) is 52.1 Å². The van der Waals surface area contributed by atoms with Crippen molar-refractivity contribution in [3.05, 3.63) is 23.4 Å². The van der Waals surface area contributed by atoms with E-state index in [-0.39, 0.29) is 17.4 Å². The second-order valence-electron chi connectivity index (χ2n) is 7.29. The maximum absolute atomic E-state index is 12.5. The van der Waals surface area contributed by atoms with Gasteiger partial charge in [0.2, 0.25) is 17.6 Å². The van der Waals surface area contributed by atoms with Crippen molar-refractivity contribution in [2.75, 3.05) is 13.1 Å². The summed E-state index contributed by atoms with van der Waals surface area (Å²) in [7, 11) is 0. The second kappa shape index (κ2) is 7.66. The molecule has 1 aliphatic rings. The smallest absolute Gasteiger partial charge is 0.241 e. The van der Waals surface area contributed by atoms with Crippen LogP contribution in [-0.4, -0.2) is 39.6 Å². The lowest BCUT2D eigenvalue weighted by atomic mass is 9.94. The number of nitrogens with one attached hydrogen (secondary N) is 1. The van der Waals surface area contributed by atoms with Crippen molar-refractivity contribution < 1.29 is 9.32 Å². The minimum atomic E-state index is -0.151. The summed E-state index contributed by atoms with van der Waals surface area (Å²) in [6.45, 7) is 8.51. The van der Waals surface area contributed by atoms with E-state index in [1.807, 2.05) is 17.5 Å². The maximum atomic E-state index is 12.5. The van der Waals surface area contributed by atoms with Gasteiger partial charge in [-0.3, -0.25) is 9.69 Å². The molecule has 1 atom stereocenters. The molecule has 3 heterocycles. The molecular weight excluding hydrogens is 336 g/mol. The Balaban J connectivity index is 1.58. The summed E-state index contributed by atoms with van der Waals surface area (Å²) in [4.78, 5) is 20.3. The highest BCUT2D eigenvalue weighted by molar-refractivity contribution is 7.13. The SMILES string of the molecule is CCC(C)(C)NC(=O)C1CCCN(Cc2nc(-c3cccs3)no2)C1. The van der Waals surface area contributed by atoms with Gasteiger partial charge in [-0.2, -0.15) is 4.98 Å². The number of thiophene rings is 1. The van der Waals surface area contributed by atoms with Crippen LogP contribution in [0, 0.1) is 5.92 Å². The Bertz CT molecular complexity index is 696. The van der Waals surface area contributed by atoms with Crippen molar-refractivity contribution in [1.82, 2.24) is 20.4 Å². The average Bonchev–Trinajstić information content (AvgIpc) is 3.26. The Kier molecular flexibility index (Phi) is 5.54. The zero-order valence-electron chi connectivity index (χ0n) is 15.1. The summed E-state index contributed by atoms with van der Waals surface area (Å²) in [5.74, 6) is 1.43. The zero-order chi connectivity index (χ0) is 17.9. The lowest BCUT2D eigenvalue weighted by Gasteiger charge is -2.33. The Labute approximate surface area is 152 Å². The van der Waals surface area contributed by atoms with Gasteiger partial charge in [0, 0.05) is 12.1 Å². The number of carbonyl (C=O) groups is 1. The molecule has 7 heteroatoms. The van der Waals surface area contributed by atoms with Crippen LogP contribution in [0.3, 0.4) is 0 Å². The molecule has 0 spiro atoms. The first kappa shape index (κ1) is 18.1. The van der Waals surface area contributed by atoms with Crippen LogP contribution in [0.15, 0.2) is 22.0 Å². The molecule has 0 aliphatic carbocycles. The van der Waals surface area contributed by atoms with Crippen molar-refractivity contribution in [3.8, 4) is 10.7 Å². The van der Waals surface area contributed by atoms with Crippen LogP contribution in [0.1, 0.15) is 45.9 Å². The molecule has 2 aromatic rings. The quantitative estimate of drug-likeness (QED) is 0.853. The number of carbonyl (C=O) groups excluding carboxylic acids is 1. The summed E-state index contributed by atoms with van der Waals surface area (Å²) < 4.78 is 5.39. The largest absolute Gasteiger partial charge is 0.351 e. The van der Waals surface area contributed by atoms with E-state index in [0.717, 1.165) is 37.2 Å². The standard InChI is InChI=1S/C18H26N4O2S/c1-4-18(2,3)20-17(23)13-7-5-9-22(11-13)12-15-19-16(21-24-15)14-8-6-10-25-14/h6,8,10,13H,4-5,7,9,11-12H2,1-3H3,(H,20,23). The molecule has 25 heavy (non-hydrogen) atoms. The number of piperidine rings is 1. The molecule has 1 N–H and O–H groups in total.